The molecule has 1 rings (SSSR count). The number of rotatable bonds is 4. The van der Waals surface area contributed by atoms with Gasteiger partial charge in [-0.1, -0.05) is 54.9 Å². The fraction of sp³-hybridized carbons (Fsp3) is 0.429. The number of benzene rings is 1. The van der Waals surface area contributed by atoms with Crippen LogP contribution in [0.1, 0.15) is 26.3 Å². The lowest BCUT2D eigenvalue weighted by Gasteiger charge is -2.27. The Kier molecular flexibility index (Phi) is 5.56. The Balaban J connectivity index is 2.60. The summed E-state index contributed by atoms with van der Waals surface area (Å²) in [6.07, 6.45) is 0. The van der Waals surface area contributed by atoms with Gasteiger partial charge in [-0.05, 0) is 17.0 Å². The van der Waals surface area contributed by atoms with Gasteiger partial charge in [-0.25, -0.2) is 9.59 Å². The minimum atomic E-state index is -1.05. The monoisotopic (exact) mass is 342 g/mol. The number of urea groups is 1. The van der Waals surface area contributed by atoms with Gasteiger partial charge >= 0.3 is 12.0 Å². The predicted octanol–water partition coefficient (Wildman–Crippen LogP) is 2.75. The normalized spacial score (nSPS) is 12.6. The molecule has 0 radical (unpaired) electrons. The molecule has 3 N–H and O–H groups in total. The molecule has 1 aromatic rings. The lowest BCUT2D eigenvalue weighted by Crippen LogP contribution is -2.52. The summed E-state index contributed by atoms with van der Waals surface area (Å²) in [5.41, 5.74) is 0.363. The van der Waals surface area contributed by atoms with Crippen molar-refractivity contribution in [1.29, 1.82) is 0 Å². The molecule has 0 fully saturated rings. The van der Waals surface area contributed by atoms with E-state index in [9.17, 15) is 9.59 Å². The third kappa shape index (κ3) is 4.85. The molecule has 0 aliphatic heterocycles. The lowest BCUT2D eigenvalue weighted by atomic mass is 9.87. The molecule has 2 amide bonds. The maximum absolute atomic E-state index is 11.8. The van der Waals surface area contributed by atoms with Gasteiger partial charge in [0.15, 0.2) is 0 Å². The molecule has 1 atom stereocenters. The van der Waals surface area contributed by atoms with E-state index in [0.29, 0.717) is 6.54 Å². The summed E-state index contributed by atoms with van der Waals surface area (Å²) in [7, 11) is 0. The van der Waals surface area contributed by atoms with Crippen molar-refractivity contribution in [3.63, 3.8) is 0 Å². The number of carboxylic acids is 1. The van der Waals surface area contributed by atoms with E-state index in [2.05, 4.69) is 26.6 Å². The number of amides is 2. The largest absolute Gasteiger partial charge is 0.480 e. The fourth-order valence-corrected chi connectivity index (χ4v) is 2.07. The molecule has 1 unspecified atom stereocenters. The molecule has 110 valence electrons. The molecule has 0 aromatic heterocycles. The van der Waals surface area contributed by atoms with Crippen LogP contribution in [0, 0.1) is 5.41 Å². The summed E-state index contributed by atoms with van der Waals surface area (Å²) in [6.45, 7) is 5.61. The highest BCUT2D eigenvalue weighted by molar-refractivity contribution is 9.10. The van der Waals surface area contributed by atoms with Crippen LogP contribution in [0.3, 0.4) is 0 Å². The minimum Gasteiger partial charge on any atom is -0.480 e. The van der Waals surface area contributed by atoms with Crippen molar-refractivity contribution in [2.45, 2.75) is 33.4 Å². The van der Waals surface area contributed by atoms with Crippen LogP contribution in [-0.4, -0.2) is 23.1 Å². The lowest BCUT2D eigenvalue weighted by molar-refractivity contribution is -0.141. The van der Waals surface area contributed by atoms with Crippen LogP contribution in [0.5, 0.6) is 0 Å². The standard InChI is InChI=1S/C14H19BrN2O3/c1-14(2,3)11(12(18)19)17-13(20)16-8-9-6-4-5-7-10(9)15/h4-7,11H,8H2,1-3H3,(H,18,19)(H2,16,17,20). The first-order chi connectivity index (χ1) is 9.21. The van der Waals surface area contributed by atoms with Crippen LogP contribution in [0.2, 0.25) is 0 Å². The number of hydrogen-bond acceptors (Lipinski definition) is 2. The van der Waals surface area contributed by atoms with E-state index in [1.54, 1.807) is 20.8 Å². The summed E-state index contributed by atoms with van der Waals surface area (Å²) >= 11 is 3.39. The number of hydrogen-bond donors (Lipinski definition) is 3. The highest BCUT2D eigenvalue weighted by Gasteiger charge is 2.32. The van der Waals surface area contributed by atoms with Gasteiger partial charge in [0.25, 0.3) is 0 Å². The van der Waals surface area contributed by atoms with Crippen molar-refractivity contribution < 1.29 is 14.7 Å². The van der Waals surface area contributed by atoms with Crippen LogP contribution in [-0.2, 0) is 11.3 Å². The van der Waals surface area contributed by atoms with E-state index in [1.165, 1.54) is 0 Å². The van der Waals surface area contributed by atoms with E-state index in [1.807, 2.05) is 24.3 Å². The van der Waals surface area contributed by atoms with Crippen LogP contribution < -0.4 is 10.6 Å². The topological polar surface area (TPSA) is 78.4 Å². The highest BCUT2D eigenvalue weighted by atomic mass is 79.9. The van der Waals surface area contributed by atoms with Gasteiger partial charge in [-0.2, -0.15) is 0 Å². The summed E-state index contributed by atoms with van der Waals surface area (Å²) in [5.74, 6) is -1.05. The van der Waals surface area contributed by atoms with Crippen molar-refractivity contribution in [2.75, 3.05) is 0 Å². The Morgan fingerprint density at radius 2 is 1.90 bits per heavy atom. The average Bonchev–Trinajstić information content (AvgIpc) is 2.33. The average molecular weight is 343 g/mol. The quantitative estimate of drug-likeness (QED) is 0.787. The Hall–Kier alpha value is -1.56. The van der Waals surface area contributed by atoms with Crippen molar-refractivity contribution in [2.24, 2.45) is 5.41 Å². The van der Waals surface area contributed by atoms with Gasteiger partial charge in [-0.3, -0.25) is 0 Å². The maximum atomic E-state index is 11.8. The van der Waals surface area contributed by atoms with Crippen molar-refractivity contribution >= 4 is 27.9 Å². The zero-order valence-electron chi connectivity index (χ0n) is 11.7. The molecule has 0 saturated heterocycles. The second kappa shape index (κ2) is 6.74. The maximum Gasteiger partial charge on any atom is 0.326 e. The summed E-state index contributed by atoms with van der Waals surface area (Å²) in [4.78, 5) is 22.9. The summed E-state index contributed by atoms with van der Waals surface area (Å²) in [6, 6.07) is 6.07. The molecule has 0 heterocycles. The van der Waals surface area contributed by atoms with Gasteiger partial charge in [0, 0.05) is 11.0 Å². The molecule has 0 spiro atoms. The summed E-state index contributed by atoms with van der Waals surface area (Å²) < 4.78 is 0.894. The van der Waals surface area contributed by atoms with E-state index >= 15 is 0 Å². The Bertz CT molecular complexity index is 497. The number of aliphatic carboxylic acids is 1. The van der Waals surface area contributed by atoms with Gasteiger partial charge in [0.1, 0.15) is 6.04 Å². The molecule has 1 aromatic carbocycles. The molecule has 6 heteroatoms. The smallest absolute Gasteiger partial charge is 0.326 e. The van der Waals surface area contributed by atoms with E-state index < -0.39 is 23.5 Å². The van der Waals surface area contributed by atoms with Crippen molar-refractivity contribution in [3.8, 4) is 0 Å². The number of halogens is 1. The first kappa shape index (κ1) is 16.5. The molecule has 5 nitrogen and oxygen atoms in total. The SMILES string of the molecule is CC(C)(C)C(NC(=O)NCc1ccccc1Br)C(=O)O. The second-order valence-corrected chi connectivity index (χ2v) is 6.41. The third-order valence-corrected chi connectivity index (χ3v) is 3.56. The Morgan fingerprint density at radius 3 is 2.40 bits per heavy atom. The van der Waals surface area contributed by atoms with Crippen LogP contribution in [0.4, 0.5) is 4.79 Å². The number of carbonyl (C=O) groups is 2. The Morgan fingerprint density at radius 1 is 1.30 bits per heavy atom. The van der Waals surface area contributed by atoms with Crippen LogP contribution >= 0.6 is 15.9 Å². The first-order valence-electron chi connectivity index (χ1n) is 6.22. The molecule has 0 bridgehead atoms. The Labute approximate surface area is 126 Å². The van der Waals surface area contributed by atoms with Crippen LogP contribution in [0.15, 0.2) is 28.7 Å². The predicted molar refractivity (Wildman–Crippen MR) is 80.4 cm³/mol. The number of carbonyl (C=O) groups excluding carboxylic acids is 1. The molecular weight excluding hydrogens is 324 g/mol. The van der Waals surface area contributed by atoms with E-state index in [4.69, 9.17) is 5.11 Å². The van der Waals surface area contributed by atoms with Gasteiger partial charge in [0.2, 0.25) is 0 Å². The second-order valence-electron chi connectivity index (χ2n) is 5.56. The fourth-order valence-electron chi connectivity index (χ4n) is 1.65. The van der Waals surface area contributed by atoms with Gasteiger partial charge in [0.05, 0.1) is 0 Å². The number of nitrogens with one attached hydrogen (secondary N) is 2. The highest BCUT2D eigenvalue weighted by Crippen LogP contribution is 2.19. The first-order valence-corrected chi connectivity index (χ1v) is 7.01. The van der Waals surface area contributed by atoms with E-state index in [0.717, 1.165) is 10.0 Å². The van der Waals surface area contributed by atoms with Gasteiger partial charge < -0.3 is 15.7 Å². The molecule has 0 aliphatic rings. The van der Waals surface area contributed by atoms with Crippen molar-refractivity contribution in [1.82, 2.24) is 10.6 Å². The molecule has 20 heavy (non-hydrogen) atoms. The summed E-state index contributed by atoms with van der Waals surface area (Å²) in [5, 5.41) is 14.3. The van der Waals surface area contributed by atoms with Crippen molar-refractivity contribution in [3.05, 3.63) is 34.3 Å². The van der Waals surface area contributed by atoms with E-state index in [-0.39, 0.29) is 0 Å². The zero-order chi connectivity index (χ0) is 15.3. The molecule has 0 aliphatic carbocycles. The minimum absolute atomic E-state index is 0.323. The third-order valence-electron chi connectivity index (χ3n) is 2.79. The van der Waals surface area contributed by atoms with Crippen LogP contribution in [0.25, 0.3) is 0 Å². The molecule has 0 saturated carbocycles. The zero-order valence-corrected chi connectivity index (χ0v) is 13.3. The van der Waals surface area contributed by atoms with Gasteiger partial charge in [-0.15, -0.1) is 0 Å². The molecular formula is C14H19BrN2O3. The number of carboxylic acid groups (broad SMARTS) is 1.